The second-order valence-corrected chi connectivity index (χ2v) is 12.0. The van der Waals surface area contributed by atoms with Crippen LogP contribution in [0.2, 0.25) is 0 Å². The number of pyridine rings is 1. The summed E-state index contributed by atoms with van der Waals surface area (Å²) in [5.41, 5.74) is 9.46. The zero-order valence-corrected chi connectivity index (χ0v) is 25.3. The standard InChI is InChI=1S/C42H27N3O2/c1-2-10-27-23-28(19-18-26(27)9-1)30-24-29-11-3-4-12-31(29)36(25-30)45(34-15-7-17-38-39(34)33-14-8-21-44-42(33)47-38)35-20-22-43-40-32-13-5-6-16-37(32)46-41(35)40/h1-20,22-25,44H,21H2. The molecule has 0 amide bonds. The summed E-state index contributed by atoms with van der Waals surface area (Å²) in [6, 6.07) is 44.9. The summed E-state index contributed by atoms with van der Waals surface area (Å²) in [7, 11) is 0. The van der Waals surface area contributed by atoms with Crippen molar-refractivity contribution in [2.75, 3.05) is 16.8 Å². The van der Waals surface area contributed by atoms with Crippen molar-refractivity contribution in [2.24, 2.45) is 0 Å². The fourth-order valence-corrected chi connectivity index (χ4v) is 7.13. The minimum absolute atomic E-state index is 0.730. The summed E-state index contributed by atoms with van der Waals surface area (Å²) < 4.78 is 13.0. The number of hydrogen-bond donors (Lipinski definition) is 1. The van der Waals surface area contributed by atoms with Crippen LogP contribution in [0.5, 0.6) is 0 Å². The van der Waals surface area contributed by atoms with Crippen molar-refractivity contribution < 1.29 is 8.83 Å². The normalized spacial score (nSPS) is 12.7. The van der Waals surface area contributed by atoms with Crippen molar-refractivity contribution in [1.82, 2.24) is 4.98 Å². The molecule has 5 heteroatoms. The molecule has 0 spiro atoms. The minimum atomic E-state index is 0.730. The molecule has 0 fully saturated rings. The number of para-hydroxylation sites is 1. The van der Waals surface area contributed by atoms with E-state index in [-0.39, 0.29) is 0 Å². The zero-order valence-electron chi connectivity index (χ0n) is 25.3. The van der Waals surface area contributed by atoms with E-state index in [1.54, 1.807) is 0 Å². The molecule has 5 nitrogen and oxygen atoms in total. The molecule has 3 aromatic heterocycles. The Hall–Kier alpha value is -6.33. The maximum absolute atomic E-state index is 6.63. The average Bonchev–Trinajstić information content (AvgIpc) is 3.71. The van der Waals surface area contributed by atoms with E-state index in [4.69, 9.17) is 13.8 Å². The Balaban J connectivity index is 1.32. The summed E-state index contributed by atoms with van der Waals surface area (Å²) in [5, 5.41) is 10.2. The monoisotopic (exact) mass is 605 g/mol. The van der Waals surface area contributed by atoms with E-state index in [1.165, 1.54) is 10.8 Å². The Bertz CT molecular complexity index is 2720. The Kier molecular flexibility index (Phi) is 5.57. The van der Waals surface area contributed by atoms with Crippen LogP contribution in [0.25, 0.3) is 71.8 Å². The smallest absolute Gasteiger partial charge is 0.201 e. The first-order valence-electron chi connectivity index (χ1n) is 15.8. The van der Waals surface area contributed by atoms with Crippen molar-refractivity contribution in [3.63, 3.8) is 0 Å². The predicted octanol–water partition coefficient (Wildman–Crippen LogP) is 11.6. The van der Waals surface area contributed by atoms with Gasteiger partial charge in [-0.1, -0.05) is 91.0 Å². The number of aromatic nitrogens is 1. The number of hydrogen-bond acceptors (Lipinski definition) is 5. The van der Waals surface area contributed by atoms with Crippen molar-refractivity contribution in [3.05, 3.63) is 145 Å². The molecule has 0 bridgehead atoms. The van der Waals surface area contributed by atoms with Gasteiger partial charge in [-0.25, -0.2) is 0 Å². The lowest BCUT2D eigenvalue weighted by Crippen LogP contribution is -2.12. The first-order chi connectivity index (χ1) is 23.3. The quantitative estimate of drug-likeness (QED) is 0.216. The van der Waals surface area contributed by atoms with Crippen molar-refractivity contribution in [3.8, 4) is 11.1 Å². The van der Waals surface area contributed by atoms with E-state index >= 15 is 0 Å². The van der Waals surface area contributed by atoms with Gasteiger partial charge in [0.05, 0.1) is 22.4 Å². The number of furan rings is 2. The highest BCUT2D eigenvalue weighted by atomic mass is 16.4. The number of rotatable bonds is 4. The highest BCUT2D eigenvalue weighted by Gasteiger charge is 2.27. The fourth-order valence-electron chi connectivity index (χ4n) is 7.13. The minimum Gasteiger partial charge on any atom is -0.452 e. The van der Waals surface area contributed by atoms with Gasteiger partial charge in [-0.2, -0.15) is 0 Å². The second-order valence-electron chi connectivity index (χ2n) is 12.0. The molecule has 10 rings (SSSR count). The van der Waals surface area contributed by atoms with Gasteiger partial charge in [0.15, 0.2) is 5.58 Å². The van der Waals surface area contributed by atoms with E-state index < -0.39 is 0 Å². The number of fused-ring (bicyclic) bond motifs is 8. The van der Waals surface area contributed by atoms with Crippen molar-refractivity contribution >= 4 is 83.6 Å². The number of nitrogens with one attached hydrogen (secondary N) is 1. The molecule has 1 aliphatic rings. The van der Waals surface area contributed by atoms with E-state index in [9.17, 15) is 0 Å². The highest BCUT2D eigenvalue weighted by molar-refractivity contribution is 6.14. The third-order valence-electron chi connectivity index (χ3n) is 9.28. The molecule has 0 radical (unpaired) electrons. The van der Waals surface area contributed by atoms with Crippen LogP contribution >= 0.6 is 0 Å². The third kappa shape index (κ3) is 4.00. The van der Waals surface area contributed by atoms with Crippen LogP contribution in [0.3, 0.4) is 0 Å². The molecule has 0 aliphatic carbocycles. The summed E-state index contributed by atoms with van der Waals surface area (Å²) in [6.45, 7) is 0.730. The molecule has 4 heterocycles. The Morgan fingerprint density at radius 1 is 0.596 bits per heavy atom. The zero-order chi connectivity index (χ0) is 30.9. The molecular formula is C42H27N3O2. The van der Waals surface area contributed by atoms with Gasteiger partial charge in [0.2, 0.25) is 5.88 Å². The van der Waals surface area contributed by atoms with E-state index in [0.717, 1.165) is 90.0 Å². The van der Waals surface area contributed by atoms with Crippen molar-refractivity contribution in [2.45, 2.75) is 0 Å². The first kappa shape index (κ1) is 25.9. The average molecular weight is 606 g/mol. The Morgan fingerprint density at radius 2 is 1.38 bits per heavy atom. The Morgan fingerprint density at radius 3 is 2.32 bits per heavy atom. The molecule has 9 aromatic rings. The van der Waals surface area contributed by atoms with Crippen LogP contribution in [0.15, 0.2) is 149 Å². The molecule has 222 valence electrons. The predicted molar refractivity (Wildman–Crippen MR) is 194 cm³/mol. The Labute approximate surface area is 270 Å². The fraction of sp³-hybridized carbons (Fsp3) is 0.0238. The van der Waals surface area contributed by atoms with Gasteiger partial charge < -0.3 is 19.1 Å². The van der Waals surface area contributed by atoms with Gasteiger partial charge >= 0.3 is 0 Å². The van der Waals surface area contributed by atoms with Gasteiger partial charge in [0, 0.05) is 29.1 Å². The molecular weight excluding hydrogens is 578 g/mol. The van der Waals surface area contributed by atoms with E-state index in [2.05, 4.69) is 125 Å². The maximum atomic E-state index is 6.63. The lowest BCUT2D eigenvalue weighted by molar-refractivity contribution is 0.628. The van der Waals surface area contributed by atoms with Gasteiger partial charge in [-0.3, -0.25) is 4.98 Å². The van der Waals surface area contributed by atoms with Crippen LogP contribution in [0, 0.1) is 0 Å². The number of nitrogens with zero attached hydrogens (tertiary/aromatic N) is 2. The molecule has 0 saturated carbocycles. The molecule has 1 aliphatic heterocycles. The van der Waals surface area contributed by atoms with Crippen LogP contribution in [-0.4, -0.2) is 11.5 Å². The second kappa shape index (κ2) is 10.1. The topological polar surface area (TPSA) is 54.4 Å². The van der Waals surface area contributed by atoms with Gasteiger partial charge in [-0.15, -0.1) is 0 Å². The highest BCUT2D eigenvalue weighted by Crippen LogP contribution is 2.49. The molecule has 0 saturated heterocycles. The number of anilines is 4. The van der Waals surface area contributed by atoms with E-state index in [0.29, 0.717) is 0 Å². The summed E-state index contributed by atoms with van der Waals surface area (Å²) in [6.07, 6.45) is 6.18. The SMILES string of the molecule is C1=Cc2c(oc3cccc(N(c4cc(-c5ccc6ccccc6c5)cc5ccccc45)c4ccnc5c4oc4ccccc45)c23)NC1. The lowest BCUT2D eigenvalue weighted by Gasteiger charge is -2.28. The van der Waals surface area contributed by atoms with Gasteiger partial charge in [0.1, 0.15) is 16.7 Å². The molecule has 6 aromatic carbocycles. The third-order valence-corrected chi connectivity index (χ3v) is 9.28. The van der Waals surface area contributed by atoms with Crippen molar-refractivity contribution in [1.29, 1.82) is 0 Å². The van der Waals surface area contributed by atoms with Crippen LogP contribution in [0.1, 0.15) is 5.56 Å². The molecule has 47 heavy (non-hydrogen) atoms. The van der Waals surface area contributed by atoms with Gasteiger partial charge in [-0.05, 0) is 75.8 Å². The van der Waals surface area contributed by atoms with E-state index in [1.807, 2.05) is 30.5 Å². The summed E-state index contributed by atoms with van der Waals surface area (Å²) in [5.74, 6) is 0.785. The molecule has 0 unspecified atom stereocenters. The van der Waals surface area contributed by atoms with Crippen LogP contribution in [-0.2, 0) is 0 Å². The summed E-state index contributed by atoms with van der Waals surface area (Å²) >= 11 is 0. The lowest BCUT2D eigenvalue weighted by atomic mass is 9.96. The maximum Gasteiger partial charge on any atom is 0.201 e. The van der Waals surface area contributed by atoms with Gasteiger partial charge in [0.25, 0.3) is 0 Å². The summed E-state index contributed by atoms with van der Waals surface area (Å²) in [4.78, 5) is 7.15. The largest absolute Gasteiger partial charge is 0.452 e. The number of benzene rings is 6. The van der Waals surface area contributed by atoms with Crippen LogP contribution in [0.4, 0.5) is 22.9 Å². The van der Waals surface area contributed by atoms with Crippen LogP contribution < -0.4 is 10.2 Å². The molecule has 0 atom stereocenters. The molecule has 1 N–H and O–H groups in total. The first-order valence-corrected chi connectivity index (χ1v) is 15.8.